The van der Waals surface area contributed by atoms with E-state index in [1.807, 2.05) is 32.4 Å². The number of carbonyl (C=O) groups excluding carboxylic acids is 1. The largest absolute Gasteiger partial charge is 0.356 e. The van der Waals surface area contributed by atoms with Crippen molar-refractivity contribution in [3.8, 4) is 0 Å². The third-order valence-electron chi connectivity index (χ3n) is 6.05. The molecule has 2 N–H and O–H groups in total. The Bertz CT molecular complexity index is 667. The minimum atomic E-state index is -0.288. The van der Waals surface area contributed by atoms with Crippen molar-refractivity contribution in [2.24, 2.45) is 10.4 Å². The molecule has 8 heteroatoms. The van der Waals surface area contributed by atoms with Crippen LogP contribution in [0.3, 0.4) is 0 Å². The number of rotatable bonds is 5. The summed E-state index contributed by atoms with van der Waals surface area (Å²) in [6, 6.07) is 6.44. The zero-order chi connectivity index (χ0) is 20.0. The van der Waals surface area contributed by atoms with Crippen molar-refractivity contribution in [1.29, 1.82) is 0 Å². The van der Waals surface area contributed by atoms with Gasteiger partial charge in [0.15, 0.2) is 5.96 Å². The van der Waals surface area contributed by atoms with Gasteiger partial charge in [-0.1, -0.05) is 18.9 Å². The van der Waals surface area contributed by atoms with Crippen LogP contribution in [0.2, 0.25) is 0 Å². The minimum Gasteiger partial charge on any atom is -0.356 e. The number of piperidine rings is 1. The standard InChI is InChI=1S/C21H34N6O.HI/c1-22-20(24-16-21(11-5-6-12-21)19(28)26(2)3)25-17-9-14-27(15-10-17)18-8-4-7-13-23-18;/h4,7-8,13,17H,5-6,9-12,14-16H2,1-3H3,(H2,22,24,25);1H. The van der Waals surface area contributed by atoms with Crippen LogP contribution in [0.4, 0.5) is 5.82 Å². The Labute approximate surface area is 191 Å². The van der Waals surface area contributed by atoms with E-state index in [0.717, 1.165) is 63.4 Å². The van der Waals surface area contributed by atoms with Crippen LogP contribution in [-0.4, -0.2) is 68.6 Å². The summed E-state index contributed by atoms with van der Waals surface area (Å²) < 4.78 is 0. The maximum Gasteiger partial charge on any atom is 0.230 e. The van der Waals surface area contributed by atoms with Gasteiger partial charge in [-0.2, -0.15) is 0 Å². The van der Waals surface area contributed by atoms with Gasteiger partial charge in [0.2, 0.25) is 5.91 Å². The van der Waals surface area contributed by atoms with Crippen LogP contribution < -0.4 is 15.5 Å². The number of hydrogen-bond acceptors (Lipinski definition) is 4. The molecule has 2 fully saturated rings. The number of aromatic nitrogens is 1. The minimum absolute atomic E-state index is 0. The van der Waals surface area contributed by atoms with Gasteiger partial charge in [0.05, 0.1) is 5.41 Å². The van der Waals surface area contributed by atoms with E-state index in [-0.39, 0.29) is 35.3 Å². The summed E-state index contributed by atoms with van der Waals surface area (Å²) in [5.41, 5.74) is -0.288. The molecule has 0 bridgehead atoms. The molecule has 1 aromatic rings. The molecule has 0 atom stereocenters. The van der Waals surface area contributed by atoms with E-state index in [2.05, 4.69) is 31.6 Å². The highest BCUT2D eigenvalue weighted by Gasteiger charge is 2.42. The maximum atomic E-state index is 12.7. The fourth-order valence-electron chi connectivity index (χ4n) is 4.43. The monoisotopic (exact) mass is 514 g/mol. The average molecular weight is 514 g/mol. The molecule has 1 aliphatic heterocycles. The van der Waals surface area contributed by atoms with Gasteiger partial charge < -0.3 is 20.4 Å². The molecule has 29 heavy (non-hydrogen) atoms. The Hall–Kier alpha value is -1.58. The molecule has 1 aromatic heterocycles. The number of halogens is 1. The van der Waals surface area contributed by atoms with Crippen molar-refractivity contribution in [3.63, 3.8) is 0 Å². The van der Waals surface area contributed by atoms with Gasteiger partial charge in [-0.25, -0.2) is 4.98 Å². The smallest absolute Gasteiger partial charge is 0.230 e. The lowest BCUT2D eigenvalue weighted by Crippen LogP contribution is -2.52. The SMILES string of the molecule is CN=C(NCC1(C(=O)N(C)C)CCCC1)NC1CCN(c2ccccn2)CC1.I. The number of anilines is 1. The molecule has 2 heterocycles. The highest BCUT2D eigenvalue weighted by Crippen LogP contribution is 2.38. The quantitative estimate of drug-likeness (QED) is 0.359. The Morgan fingerprint density at radius 1 is 1.28 bits per heavy atom. The molecular formula is C21H35IN6O. The summed E-state index contributed by atoms with van der Waals surface area (Å²) in [4.78, 5) is 25.7. The zero-order valence-corrected chi connectivity index (χ0v) is 20.2. The lowest BCUT2D eigenvalue weighted by molar-refractivity contribution is -0.138. The topological polar surface area (TPSA) is 72.9 Å². The van der Waals surface area contributed by atoms with Crippen molar-refractivity contribution in [2.45, 2.75) is 44.6 Å². The predicted octanol–water partition coefficient (Wildman–Crippen LogP) is 2.48. The number of nitrogens with one attached hydrogen (secondary N) is 2. The van der Waals surface area contributed by atoms with E-state index < -0.39 is 0 Å². The number of carbonyl (C=O) groups is 1. The van der Waals surface area contributed by atoms with Crippen LogP contribution in [0.25, 0.3) is 0 Å². The van der Waals surface area contributed by atoms with Crippen LogP contribution in [0.5, 0.6) is 0 Å². The van der Waals surface area contributed by atoms with Crippen molar-refractivity contribution in [3.05, 3.63) is 24.4 Å². The second-order valence-corrected chi connectivity index (χ2v) is 8.21. The van der Waals surface area contributed by atoms with E-state index in [1.165, 1.54) is 0 Å². The van der Waals surface area contributed by atoms with Crippen LogP contribution in [0.15, 0.2) is 29.4 Å². The summed E-state index contributed by atoms with van der Waals surface area (Å²) in [6.45, 7) is 2.61. The molecule has 0 spiro atoms. The fourth-order valence-corrected chi connectivity index (χ4v) is 4.43. The fraction of sp³-hybridized carbons (Fsp3) is 0.667. The van der Waals surface area contributed by atoms with Gasteiger partial charge in [-0.05, 0) is 37.8 Å². The molecule has 3 rings (SSSR count). The second-order valence-electron chi connectivity index (χ2n) is 8.21. The van der Waals surface area contributed by atoms with Gasteiger partial charge in [0.1, 0.15) is 5.82 Å². The summed E-state index contributed by atoms with van der Waals surface area (Å²) in [5.74, 6) is 2.08. The molecule has 1 saturated carbocycles. The summed E-state index contributed by atoms with van der Waals surface area (Å²) in [6.07, 6.45) is 8.09. The Morgan fingerprint density at radius 2 is 1.97 bits per heavy atom. The van der Waals surface area contributed by atoms with Gasteiger partial charge in [0.25, 0.3) is 0 Å². The summed E-state index contributed by atoms with van der Waals surface area (Å²) in [7, 11) is 5.50. The Balaban J connectivity index is 0.00000300. The van der Waals surface area contributed by atoms with E-state index in [9.17, 15) is 4.79 Å². The molecule has 1 saturated heterocycles. The van der Waals surface area contributed by atoms with Gasteiger partial charge in [0, 0.05) is 53.0 Å². The van der Waals surface area contributed by atoms with Gasteiger partial charge >= 0.3 is 0 Å². The molecule has 0 radical (unpaired) electrons. The second kappa shape index (κ2) is 11.0. The molecule has 0 aromatic carbocycles. The van der Waals surface area contributed by atoms with E-state index in [0.29, 0.717) is 12.6 Å². The third kappa shape index (κ3) is 5.96. The van der Waals surface area contributed by atoms with E-state index >= 15 is 0 Å². The highest BCUT2D eigenvalue weighted by atomic mass is 127. The van der Waals surface area contributed by atoms with Crippen LogP contribution in [0, 0.1) is 5.41 Å². The van der Waals surface area contributed by atoms with Crippen LogP contribution in [0.1, 0.15) is 38.5 Å². The maximum absolute atomic E-state index is 12.7. The first-order chi connectivity index (χ1) is 13.5. The first-order valence-corrected chi connectivity index (χ1v) is 10.4. The molecule has 162 valence electrons. The highest BCUT2D eigenvalue weighted by molar-refractivity contribution is 14.0. The predicted molar refractivity (Wildman–Crippen MR) is 129 cm³/mol. The molecule has 0 unspecified atom stereocenters. The normalized spacial score (nSPS) is 19.4. The zero-order valence-electron chi connectivity index (χ0n) is 17.9. The van der Waals surface area contributed by atoms with Gasteiger partial charge in [-0.15, -0.1) is 24.0 Å². The first kappa shape index (κ1) is 23.7. The van der Waals surface area contributed by atoms with Crippen molar-refractivity contribution in [2.75, 3.05) is 45.7 Å². The molecule has 2 aliphatic rings. The number of nitrogens with zero attached hydrogens (tertiary/aromatic N) is 4. The van der Waals surface area contributed by atoms with Crippen molar-refractivity contribution < 1.29 is 4.79 Å². The average Bonchev–Trinajstić information content (AvgIpc) is 3.21. The lowest BCUT2D eigenvalue weighted by Gasteiger charge is -2.35. The summed E-state index contributed by atoms with van der Waals surface area (Å²) in [5, 5.41) is 7.00. The number of aliphatic imine (C=N–C) groups is 1. The molecular weight excluding hydrogens is 479 g/mol. The van der Waals surface area contributed by atoms with E-state index in [4.69, 9.17) is 0 Å². The first-order valence-electron chi connectivity index (χ1n) is 10.4. The molecule has 1 amide bonds. The van der Waals surface area contributed by atoms with Gasteiger partial charge in [-0.3, -0.25) is 9.79 Å². The number of guanidine groups is 1. The molecule has 7 nitrogen and oxygen atoms in total. The third-order valence-corrected chi connectivity index (χ3v) is 6.05. The van der Waals surface area contributed by atoms with Crippen molar-refractivity contribution in [1.82, 2.24) is 20.5 Å². The number of pyridine rings is 1. The molecule has 1 aliphatic carbocycles. The Morgan fingerprint density at radius 3 is 2.52 bits per heavy atom. The number of hydrogen-bond donors (Lipinski definition) is 2. The van der Waals surface area contributed by atoms with Crippen molar-refractivity contribution >= 4 is 41.7 Å². The van der Waals surface area contributed by atoms with E-state index in [1.54, 1.807) is 11.9 Å². The Kier molecular flexibility index (Phi) is 8.98. The lowest BCUT2D eigenvalue weighted by atomic mass is 9.84. The summed E-state index contributed by atoms with van der Waals surface area (Å²) >= 11 is 0. The van der Waals surface area contributed by atoms with Crippen LogP contribution >= 0.6 is 24.0 Å². The van der Waals surface area contributed by atoms with Crippen LogP contribution in [-0.2, 0) is 4.79 Å². The number of amides is 1.